The summed E-state index contributed by atoms with van der Waals surface area (Å²) in [6.07, 6.45) is 0.203. The number of nitro groups is 1. The summed E-state index contributed by atoms with van der Waals surface area (Å²) in [6.45, 7) is 1.81. The summed E-state index contributed by atoms with van der Waals surface area (Å²) >= 11 is 0. The minimum atomic E-state index is -0.427. The molecule has 0 bridgehead atoms. The monoisotopic (exact) mass is 298 g/mol. The smallest absolute Gasteiger partial charge is 0.269 e. The number of rotatable bonds is 3. The number of aryl methyl sites for hydroxylation is 1. The van der Waals surface area contributed by atoms with E-state index in [0.717, 1.165) is 22.4 Å². The Morgan fingerprint density at radius 1 is 1.32 bits per heavy atom. The van der Waals surface area contributed by atoms with Crippen LogP contribution in [0.1, 0.15) is 29.2 Å². The van der Waals surface area contributed by atoms with E-state index in [2.05, 4.69) is 5.16 Å². The highest BCUT2D eigenvalue weighted by Crippen LogP contribution is 2.32. The molecular formula is C16H14N2O4. The molecule has 1 aliphatic heterocycles. The first-order valence-electron chi connectivity index (χ1n) is 6.81. The van der Waals surface area contributed by atoms with Crippen molar-refractivity contribution in [2.75, 3.05) is 0 Å². The molecule has 2 aromatic carbocycles. The topological polar surface area (TPSA) is 85.0 Å². The van der Waals surface area contributed by atoms with Crippen molar-refractivity contribution in [1.29, 1.82) is 0 Å². The van der Waals surface area contributed by atoms with Crippen LogP contribution >= 0.6 is 0 Å². The van der Waals surface area contributed by atoms with Gasteiger partial charge in [-0.05, 0) is 36.2 Å². The molecule has 1 unspecified atom stereocenters. The Morgan fingerprint density at radius 3 is 2.86 bits per heavy atom. The van der Waals surface area contributed by atoms with Gasteiger partial charge in [-0.2, -0.15) is 0 Å². The predicted molar refractivity (Wildman–Crippen MR) is 80.9 cm³/mol. The van der Waals surface area contributed by atoms with Crippen LogP contribution in [-0.4, -0.2) is 15.7 Å². The zero-order valence-electron chi connectivity index (χ0n) is 11.9. The van der Waals surface area contributed by atoms with Crippen LogP contribution in [0.5, 0.6) is 5.75 Å². The highest BCUT2D eigenvalue weighted by atomic mass is 16.6. The summed E-state index contributed by atoms with van der Waals surface area (Å²) in [7, 11) is 0. The van der Waals surface area contributed by atoms with E-state index in [0.29, 0.717) is 6.42 Å². The zero-order valence-corrected chi connectivity index (χ0v) is 11.9. The van der Waals surface area contributed by atoms with E-state index < -0.39 is 4.92 Å². The third-order valence-electron chi connectivity index (χ3n) is 3.65. The van der Waals surface area contributed by atoms with Crippen molar-refractivity contribution in [1.82, 2.24) is 0 Å². The van der Waals surface area contributed by atoms with E-state index in [1.807, 2.05) is 13.0 Å². The summed E-state index contributed by atoms with van der Waals surface area (Å²) in [5, 5.41) is 24.5. The summed E-state index contributed by atoms with van der Waals surface area (Å²) in [5.41, 5.74) is 3.17. The normalized spacial score (nSPS) is 17.0. The van der Waals surface area contributed by atoms with Gasteiger partial charge in [-0.3, -0.25) is 10.1 Å². The van der Waals surface area contributed by atoms with Crippen LogP contribution in [0.2, 0.25) is 0 Å². The summed E-state index contributed by atoms with van der Waals surface area (Å²) in [6, 6.07) is 11.6. The lowest BCUT2D eigenvalue weighted by atomic mass is 9.99. The Balaban J connectivity index is 1.80. The number of hydrogen-bond acceptors (Lipinski definition) is 5. The number of hydrogen-bond donors (Lipinski definition) is 1. The minimum absolute atomic E-state index is 0.0371. The number of nitro benzene ring substituents is 1. The van der Waals surface area contributed by atoms with Gasteiger partial charge in [0, 0.05) is 24.1 Å². The lowest BCUT2D eigenvalue weighted by molar-refractivity contribution is -0.385. The van der Waals surface area contributed by atoms with Gasteiger partial charge >= 0.3 is 0 Å². The van der Waals surface area contributed by atoms with Gasteiger partial charge < -0.3 is 9.94 Å². The Bertz CT molecular complexity index is 770. The second-order valence-corrected chi connectivity index (χ2v) is 5.19. The largest absolute Gasteiger partial charge is 0.508 e. The van der Waals surface area contributed by atoms with Crippen LogP contribution in [0, 0.1) is 17.0 Å². The number of phenolic OH excluding ortho intramolecular Hbond substituents is 1. The molecule has 6 nitrogen and oxygen atoms in total. The van der Waals surface area contributed by atoms with Crippen LogP contribution in [0.25, 0.3) is 0 Å². The Kier molecular flexibility index (Phi) is 3.50. The van der Waals surface area contributed by atoms with Gasteiger partial charge in [0.1, 0.15) is 5.75 Å². The van der Waals surface area contributed by atoms with Crippen molar-refractivity contribution in [3.63, 3.8) is 0 Å². The minimum Gasteiger partial charge on any atom is -0.508 e. The number of phenols is 1. The first kappa shape index (κ1) is 14.1. The van der Waals surface area contributed by atoms with E-state index in [1.54, 1.807) is 24.3 Å². The van der Waals surface area contributed by atoms with E-state index >= 15 is 0 Å². The lowest BCUT2D eigenvalue weighted by Crippen LogP contribution is -2.02. The van der Waals surface area contributed by atoms with Gasteiger partial charge in [-0.15, -0.1) is 0 Å². The molecule has 2 aromatic rings. The maximum Gasteiger partial charge on any atom is 0.269 e. The van der Waals surface area contributed by atoms with Crippen LogP contribution < -0.4 is 0 Å². The molecule has 1 N–H and O–H groups in total. The van der Waals surface area contributed by atoms with E-state index in [1.165, 1.54) is 12.1 Å². The van der Waals surface area contributed by atoms with Crippen LogP contribution in [0.4, 0.5) is 5.69 Å². The molecule has 0 aromatic heterocycles. The van der Waals surface area contributed by atoms with Gasteiger partial charge in [-0.1, -0.05) is 17.3 Å². The average molecular weight is 298 g/mol. The maximum absolute atomic E-state index is 10.8. The van der Waals surface area contributed by atoms with Crippen molar-refractivity contribution in [3.05, 3.63) is 69.3 Å². The van der Waals surface area contributed by atoms with Crippen molar-refractivity contribution >= 4 is 11.4 Å². The van der Waals surface area contributed by atoms with Crippen LogP contribution in [0.15, 0.2) is 47.6 Å². The second-order valence-electron chi connectivity index (χ2n) is 5.19. The molecule has 22 heavy (non-hydrogen) atoms. The molecule has 0 fully saturated rings. The van der Waals surface area contributed by atoms with Gasteiger partial charge in [0.25, 0.3) is 5.69 Å². The zero-order chi connectivity index (χ0) is 15.7. The molecule has 0 saturated carbocycles. The first-order chi connectivity index (χ1) is 10.5. The quantitative estimate of drug-likeness (QED) is 0.694. The molecule has 112 valence electrons. The van der Waals surface area contributed by atoms with Crippen molar-refractivity contribution in [3.8, 4) is 5.75 Å². The van der Waals surface area contributed by atoms with Gasteiger partial charge in [0.15, 0.2) is 6.10 Å². The molecule has 0 amide bonds. The standard InChI is InChI=1S/C16H14N2O4/c1-10-7-11(5-6-15(10)19)14-9-16(22-17-14)12-3-2-4-13(8-12)18(20)21/h2-8,16,19H,9H2,1H3. The number of non-ortho nitro benzene ring substituents is 1. The van der Waals surface area contributed by atoms with Crippen molar-refractivity contribution in [2.24, 2.45) is 5.16 Å². The van der Waals surface area contributed by atoms with Crippen LogP contribution in [0.3, 0.4) is 0 Å². The SMILES string of the molecule is Cc1cc(C2=NOC(c3cccc([N+](=O)[O-])c3)C2)ccc1O. The number of aromatic hydroxyl groups is 1. The molecule has 1 atom stereocenters. The second kappa shape index (κ2) is 5.48. The summed E-state index contributed by atoms with van der Waals surface area (Å²) < 4.78 is 0. The highest BCUT2D eigenvalue weighted by molar-refractivity contribution is 6.01. The van der Waals surface area contributed by atoms with E-state index in [-0.39, 0.29) is 17.5 Å². The molecule has 0 saturated heterocycles. The van der Waals surface area contributed by atoms with Crippen molar-refractivity contribution < 1.29 is 14.9 Å². The Morgan fingerprint density at radius 2 is 2.14 bits per heavy atom. The highest BCUT2D eigenvalue weighted by Gasteiger charge is 2.25. The third-order valence-corrected chi connectivity index (χ3v) is 3.65. The fraction of sp³-hybridized carbons (Fsp3) is 0.188. The predicted octanol–water partition coefficient (Wildman–Crippen LogP) is 3.47. The molecule has 0 spiro atoms. The molecule has 6 heteroatoms. The maximum atomic E-state index is 10.8. The molecule has 1 heterocycles. The fourth-order valence-corrected chi connectivity index (χ4v) is 2.40. The van der Waals surface area contributed by atoms with E-state index in [4.69, 9.17) is 4.84 Å². The number of benzene rings is 2. The van der Waals surface area contributed by atoms with E-state index in [9.17, 15) is 15.2 Å². The Hall–Kier alpha value is -2.89. The lowest BCUT2D eigenvalue weighted by Gasteiger charge is -2.08. The fourth-order valence-electron chi connectivity index (χ4n) is 2.40. The molecule has 3 rings (SSSR count). The molecule has 0 aliphatic carbocycles. The summed E-state index contributed by atoms with van der Waals surface area (Å²) in [5.74, 6) is 0.235. The number of oxime groups is 1. The van der Waals surface area contributed by atoms with Crippen LogP contribution in [-0.2, 0) is 4.84 Å². The van der Waals surface area contributed by atoms with Gasteiger partial charge in [0.05, 0.1) is 10.6 Å². The van der Waals surface area contributed by atoms with Crippen molar-refractivity contribution in [2.45, 2.75) is 19.4 Å². The van der Waals surface area contributed by atoms with Gasteiger partial charge in [-0.25, -0.2) is 0 Å². The average Bonchev–Trinajstić information content (AvgIpc) is 3.00. The summed E-state index contributed by atoms with van der Waals surface area (Å²) in [4.78, 5) is 15.8. The third kappa shape index (κ3) is 2.63. The first-order valence-corrected chi connectivity index (χ1v) is 6.81. The number of nitrogens with zero attached hydrogens (tertiary/aromatic N) is 2. The molecule has 1 aliphatic rings. The van der Waals surface area contributed by atoms with Gasteiger partial charge in [0.2, 0.25) is 0 Å². The molecule has 0 radical (unpaired) electrons. The molecular weight excluding hydrogens is 284 g/mol. The Labute approximate surface area is 126 Å².